The van der Waals surface area contributed by atoms with Crippen molar-refractivity contribution in [2.45, 2.75) is 32.1 Å². The predicted octanol–water partition coefficient (Wildman–Crippen LogP) is 13.7. The van der Waals surface area contributed by atoms with E-state index in [0.29, 0.717) is 5.92 Å². The second kappa shape index (κ2) is 12.0. The molecule has 54 heavy (non-hydrogen) atoms. The van der Waals surface area contributed by atoms with Gasteiger partial charge in [-0.15, -0.1) is 22.7 Å². The highest BCUT2D eigenvalue weighted by atomic mass is 32.1. The van der Waals surface area contributed by atoms with Crippen LogP contribution in [0, 0.1) is 5.92 Å². The highest BCUT2D eigenvalue weighted by molar-refractivity contribution is 7.31. The van der Waals surface area contributed by atoms with E-state index in [9.17, 15) is 0 Å². The minimum atomic E-state index is 0.351. The number of benzene rings is 7. The van der Waals surface area contributed by atoms with Gasteiger partial charge in [0.15, 0.2) is 0 Å². The fourth-order valence-corrected chi connectivity index (χ4v) is 12.5. The van der Waals surface area contributed by atoms with Gasteiger partial charge in [-0.1, -0.05) is 146 Å². The van der Waals surface area contributed by atoms with Gasteiger partial charge in [0, 0.05) is 31.3 Å². The third-order valence-corrected chi connectivity index (χ3v) is 14.8. The van der Waals surface area contributed by atoms with E-state index in [1.807, 2.05) is 22.7 Å². The second-order valence-corrected chi connectivity index (χ2v) is 17.4. The van der Waals surface area contributed by atoms with E-state index in [4.69, 9.17) is 0 Å². The Morgan fingerprint density at radius 1 is 0.556 bits per heavy atom. The normalized spacial score (nSPS) is 16.8. The van der Waals surface area contributed by atoms with E-state index in [-0.39, 0.29) is 0 Å². The Labute approximate surface area is 322 Å². The lowest BCUT2D eigenvalue weighted by Gasteiger charge is -2.24. The average Bonchev–Trinajstić information content (AvgIpc) is 3.82. The van der Waals surface area contributed by atoms with Crippen molar-refractivity contribution >= 4 is 109 Å². The van der Waals surface area contributed by atoms with Crippen molar-refractivity contribution < 1.29 is 0 Å². The summed E-state index contributed by atoms with van der Waals surface area (Å²) in [6.07, 6.45) is 20.2. The summed E-state index contributed by atoms with van der Waals surface area (Å²) in [6.45, 7) is 0. The van der Waals surface area contributed by atoms with Crippen LogP contribution in [0.3, 0.4) is 0 Å². The van der Waals surface area contributed by atoms with Gasteiger partial charge in [0.25, 0.3) is 0 Å². The molecule has 2 aromatic heterocycles. The van der Waals surface area contributed by atoms with Crippen molar-refractivity contribution in [3.8, 4) is 11.1 Å². The first-order valence-electron chi connectivity index (χ1n) is 19.4. The molecule has 1 atom stereocenters. The molecule has 0 amide bonds. The smallest absolute Gasteiger partial charge is 0.0540 e. The van der Waals surface area contributed by atoms with Crippen molar-refractivity contribution in [2.75, 3.05) is 0 Å². The van der Waals surface area contributed by atoms with Gasteiger partial charge in [-0.25, -0.2) is 0 Å². The Kier molecular flexibility index (Phi) is 6.85. The monoisotopic (exact) mass is 724 g/mol. The lowest BCUT2D eigenvalue weighted by molar-refractivity contribution is 0.835. The van der Waals surface area contributed by atoms with Crippen molar-refractivity contribution in [2.24, 2.45) is 5.92 Å². The lowest BCUT2D eigenvalue weighted by atomic mass is 9.80. The molecule has 7 aromatic carbocycles. The number of thiophene rings is 2. The fourth-order valence-electron chi connectivity index (χ4n) is 9.89. The van der Waals surface area contributed by atoms with Crippen LogP contribution >= 0.6 is 22.7 Å². The zero-order valence-electron chi connectivity index (χ0n) is 29.9. The minimum absolute atomic E-state index is 0.351. The van der Waals surface area contributed by atoms with Crippen molar-refractivity contribution in [3.05, 3.63) is 166 Å². The molecule has 1 unspecified atom stereocenters. The van der Waals surface area contributed by atoms with E-state index in [0.717, 1.165) is 32.1 Å². The molecule has 0 saturated carbocycles. The van der Waals surface area contributed by atoms with Crippen LogP contribution < -0.4 is 9.75 Å². The van der Waals surface area contributed by atoms with Gasteiger partial charge >= 0.3 is 0 Å². The third-order valence-electron chi connectivity index (χ3n) is 12.3. The Morgan fingerprint density at radius 2 is 1.22 bits per heavy atom. The third kappa shape index (κ3) is 4.54. The van der Waals surface area contributed by atoms with Gasteiger partial charge in [-0.2, -0.15) is 0 Å². The zero-order chi connectivity index (χ0) is 35.3. The largest absolute Gasteiger partial charge is 0.134 e. The number of aryl methyl sites for hydroxylation is 1. The first-order chi connectivity index (χ1) is 26.8. The summed E-state index contributed by atoms with van der Waals surface area (Å²) in [6, 6.07) is 43.5. The van der Waals surface area contributed by atoms with E-state index in [1.165, 1.54) is 111 Å². The van der Waals surface area contributed by atoms with Crippen LogP contribution in [-0.4, -0.2) is 0 Å². The van der Waals surface area contributed by atoms with Gasteiger partial charge in [-0.05, 0) is 115 Å². The quantitative estimate of drug-likeness (QED) is 0.159. The molecule has 256 valence electrons. The van der Waals surface area contributed by atoms with Crippen molar-refractivity contribution in [3.63, 3.8) is 0 Å². The summed E-state index contributed by atoms with van der Waals surface area (Å²) >= 11 is 3.96. The molecule has 12 rings (SSSR count). The molecular formula is C52H36S2. The molecule has 0 saturated heterocycles. The number of rotatable bonds is 3. The maximum Gasteiger partial charge on any atom is 0.0540 e. The lowest BCUT2D eigenvalue weighted by Crippen LogP contribution is -2.25. The molecule has 0 spiro atoms. The minimum Gasteiger partial charge on any atom is -0.134 e. The second-order valence-electron chi connectivity index (χ2n) is 15.3. The van der Waals surface area contributed by atoms with E-state index < -0.39 is 0 Å². The Bertz CT molecular complexity index is 3250. The predicted molar refractivity (Wildman–Crippen MR) is 238 cm³/mol. The SMILES string of the molecule is C1=Cc2ccc(-c3c4ccccc4c(C4=CC(C5C=c6c(sc7c8sc9ccccc9c8c8ccccc8c67)=CC5)=CCC4)c4ccccc34)cc2CC1. The topological polar surface area (TPSA) is 0 Å². The maximum atomic E-state index is 2.62. The van der Waals surface area contributed by atoms with Crippen LogP contribution in [0.1, 0.15) is 42.4 Å². The van der Waals surface area contributed by atoms with Crippen LogP contribution in [0.4, 0.5) is 0 Å². The summed E-state index contributed by atoms with van der Waals surface area (Å²) < 4.78 is 5.70. The average molecular weight is 725 g/mol. The summed E-state index contributed by atoms with van der Waals surface area (Å²) in [5.74, 6) is 0.351. The highest BCUT2D eigenvalue weighted by Gasteiger charge is 2.24. The number of hydrogen-bond acceptors (Lipinski definition) is 2. The Hall–Kier alpha value is -5.54. The molecule has 2 heterocycles. The molecule has 3 aliphatic rings. The molecule has 0 N–H and O–H groups in total. The molecule has 0 bridgehead atoms. The number of hydrogen-bond donors (Lipinski definition) is 0. The van der Waals surface area contributed by atoms with Crippen LogP contribution in [0.25, 0.3) is 97.5 Å². The van der Waals surface area contributed by atoms with Crippen molar-refractivity contribution in [1.82, 2.24) is 0 Å². The van der Waals surface area contributed by atoms with Gasteiger partial charge < -0.3 is 0 Å². The molecule has 9 aromatic rings. The van der Waals surface area contributed by atoms with Gasteiger partial charge in [0.2, 0.25) is 0 Å². The molecule has 0 nitrogen and oxygen atoms in total. The highest BCUT2D eigenvalue weighted by Crippen LogP contribution is 2.46. The van der Waals surface area contributed by atoms with E-state index >= 15 is 0 Å². The van der Waals surface area contributed by atoms with Gasteiger partial charge in [-0.3, -0.25) is 0 Å². The van der Waals surface area contributed by atoms with Crippen molar-refractivity contribution in [1.29, 1.82) is 0 Å². The summed E-state index contributed by atoms with van der Waals surface area (Å²) in [4.78, 5) is 0. The summed E-state index contributed by atoms with van der Waals surface area (Å²) in [5.41, 5.74) is 9.85. The van der Waals surface area contributed by atoms with Crippen LogP contribution in [-0.2, 0) is 6.42 Å². The summed E-state index contributed by atoms with van der Waals surface area (Å²) in [7, 11) is 0. The molecule has 2 heteroatoms. The molecule has 0 fully saturated rings. The Balaban J connectivity index is 1.03. The first kappa shape index (κ1) is 30.9. The molecule has 0 radical (unpaired) electrons. The summed E-state index contributed by atoms with van der Waals surface area (Å²) in [5, 5.41) is 13.9. The molecule has 0 aliphatic heterocycles. The maximum absolute atomic E-state index is 2.62. The first-order valence-corrected chi connectivity index (χ1v) is 21.0. The van der Waals surface area contributed by atoms with E-state index in [2.05, 4.69) is 152 Å². The van der Waals surface area contributed by atoms with Crippen LogP contribution in [0.15, 0.2) is 139 Å². The van der Waals surface area contributed by atoms with Crippen LogP contribution in [0.2, 0.25) is 0 Å². The standard InChI is InChI=1S/C52H36S2/c1-2-13-32-28-36(25-24-31(32)12-1)48-39-18-5-3-16-37(39)47(38-17-4-6-19-40(38)48)35-15-11-14-33(29-35)34-26-27-46-44(30-34)50-42-21-8-7-20-41(42)49-43-22-9-10-23-45(43)53-51(49)52(50)54-46/h1,3-10,12,14,16-25,27-30,34H,2,11,13,15,26H2. The molecule has 3 aliphatic carbocycles. The molecular weight excluding hydrogens is 689 g/mol. The Morgan fingerprint density at radius 3 is 2.00 bits per heavy atom. The number of fused-ring (bicyclic) bond motifs is 13. The van der Waals surface area contributed by atoms with Gasteiger partial charge in [0.1, 0.15) is 0 Å². The van der Waals surface area contributed by atoms with Gasteiger partial charge in [0.05, 0.1) is 9.40 Å². The van der Waals surface area contributed by atoms with Crippen LogP contribution in [0.5, 0.6) is 0 Å². The van der Waals surface area contributed by atoms with E-state index in [1.54, 1.807) is 0 Å². The zero-order valence-corrected chi connectivity index (χ0v) is 31.5. The fraction of sp³-hybridized carbons (Fsp3) is 0.115. The number of allylic oxidation sites excluding steroid dienone is 5.